The highest BCUT2D eigenvalue weighted by molar-refractivity contribution is 6.45. The van der Waals surface area contributed by atoms with Crippen LogP contribution in [0.3, 0.4) is 0 Å². The molecular weight excluding hydrogens is 331 g/mol. The molecule has 0 N–H and O–H groups in total. The Morgan fingerprint density at radius 1 is 1.14 bits per heavy atom. The molecule has 0 saturated carbocycles. The minimum absolute atomic E-state index is 0.145. The van der Waals surface area contributed by atoms with Crippen LogP contribution in [0, 0.1) is 13.8 Å². The van der Waals surface area contributed by atoms with Crippen LogP contribution in [0.4, 0.5) is 0 Å². The average Bonchev–Trinajstić information content (AvgIpc) is 2.44. The molecule has 0 aliphatic heterocycles. The molecule has 2 aromatic carbocycles. The minimum Gasteiger partial charge on any atom is -0.457 e. The van der Waals surface area contributed by atoms with E-state index in [1.807, 2.05) is 32.0 Å². The van der Waals surface area contributed by atoms with Crippen molar-refractivity contribution in [3.63, 3.8) is 0 Å². The first-order valence-electron chi connectivity index (χ1n) is 6.27. The number of hydrogen-bond acceptors (Lipinski definition) is 2. The Hall–Kier alpha value is -1.22. The summed E-state index contributed by atoms with van der Waals surface area (Å²) in [6.45, 7) is 4.17. The summed E-state index contributed by atoms with van der Waals surface area (Å²) >= 11 is 17.8. The van der Waals surface area contributed by atoms with E-state index in [-0.39, 0.29) is 22.2 Å². The number of esters is 1. The van der Waals surface area contributed by atoms with Crippen molar-refractivity contribution in [3.05, 3.63) is 67.7 Å². The zero-order valence-corrected chi connectivity index (χ0v) is 13.8. The van der Waals surface area contributed by atoms with Crippen molar-refractivity contribution in [3.8, 4) is 0 Å². The highest BCUT2D eigenvalue weighted by Crippen LogP contribution is 2.30. The summed E-state index contributed by atoms with van der Waals surface area (Å²) in [7, 11) is 0. The van der Waals surface area contributed by atoms with Gasteiger partial charge < -0.3 is 4.74 Å². The van der Waals surface area contributed by atoms with Gasteiger partial charge in [-0.25, -0.2) is 4.79 Å². The molecule has 2 rings (SSSR count). The van der Waals surface area contributed by atoms with Gasteiger partial charge in [-0.3, -0.25) is 0 Å². The first-order chi connectivity index (χ1) is 9.90. The minimum atomic E-state index is -0.551. The molecule has 5 heteroatoms. The lowest BCUT2D eigenvalue weighted by Crippen LogP contribution is -2.07. The number of hydrogen-bond donors (Lipinski definition) is 0. The van der Waals surface area contributed by atoms with E-state index in [0.29, 0.717) is 5.02 Å². The van der Waals surface area contributed by atoms with Crippen molar-refractivity contribution >= 4 is 40.8 Å². The molecule has 0 atom stereocenters. The normalized spacial score (nSPS) is 10.5. The van der Waals surface area contributed by atoms with E-state index in [0.717, 1.165) is 16.7 Å². The third-order valence-electron chi connectivity index (χ3n) is 3.29. The predicted molar refractivity (Wildman–Crippen MR) is 86.5 cm³/mol. The lowest BCUT2D eigenvalue weighted by atomic mass is 10.0. The van der Waals surface area contributed by atoms with Gasteiger partial charge in [0, 0.05) is 5.02 Å². The summed E-state index contributed by atoms with van der Waals surface area (Å²) in [6, 6.07) is 8.78. The second-order valence-electron chi connectivity index (χ2n) is 4.68. The van der Waals surface area contributed by atoms with Crippen LogP contribution < -0.4 is 0 Å². The van der Waals surface area contributed by atoms with Gasteiger partial charge in [-0.1, -0.05) is 53.0 Å². The number of rotatable bonds is 3. The van der Waals surface area contributed by atoms with Crippen LogP contribution in [0.2, 0.25) is 15.1 Å². The zero-order valence-electron chi connectivity index (χ0n) is 11.5. The molecule has 0 radical (unpaired) electrons. The number of benzene rings is 2. The SMILES string of the molecule is Cc1cccc(COC(=O)c2cc(Cl)cc(Cl)c2Cl)c1C. The summed E-state index contributed by atoms with van der Waals surface area (Å²) in [6.07, 6.45) is 0. The second kappa shape index (κ2) is 6.69. The van der Waals surface area contributed by atoms with Gasteiger partial charge in [0.1, 0.15) is 6.61 Å². The summed E-state index contributed by atoms with van der Waals surface area (Å²) < 4.78 is 5.30. The molecule has 0 saturated heterocycles. The topological polar surface area (TPSA) is 26.3 Å². The molecule has 0 spiro atoms. The quantitative estimate of drug-likeness (QED) is 0.534. The highest BCUT2D eigenvalue weighted by Gasteiger charge is 2.16. The van der Waals surface area contributed by atoms with Crippen LogP contribution in [0.5, 0.6) is 0 Å². The molecule has 0 heterocycles. The molecule has 21 heavy (non-hydrogen) atoms. The summed E-state index contributed by atoms with van der Waals surface area (Å²) in [5, 5.41) is 0.706. The van der Waals surface area contributed by atoms with Gasteiger partial charge in [0.25, 0.3) is 0 Å². The van der Waals surface area contributed by atoms with E-state index in [1.165, 1.54) is 12.1 Å². The van der Waals surface area contributed by atoms with Crippen molar-refractivity contribution in [2.24, 2.45) is 0 Å². The Kier molecular flexibility index (Phi) is 5.15. The van der Waals surface area contributed by atoms with Gasteiger partial charge in [0.05, 0.1) is 15.6 Å². The van der Waals surface area contributed by atoms with Crippen molar-refractivity contribution < 1.29 is 9.53 Å². The summed E-state index contributed by atoms with van der Waals surface area (Å²) in [5.74, 6) is -0.551. The first-order valence-corrected chi connectivity index (χ1v) is 7.40. The molecule has 2 nitrogen and oxygen atoms in total. The molecule has 0 bridgehead atoms. The fraction of sp³-hybridized carbons (Fsp3) is 0.188. The number of aryl methyl sites for hydroxylation is 1. The first kappa shape index (κ1) is 16.2. The fourth-order valence-corrected chi connectivity index (χ4v) is 2.57. The number of carbonyl (C=O) groups excluding carboxylic acids is 1. The maximum absolute atomic E-state index is 12.1. The van der Waals surface area contributed by atoms with Crippen LogP contribution in [0.25, 0.3) is 0 Å². The molecule has 2 aromatic rings. The molecule has 0 unspecified atom stereocenters. The lowest BCUT2D eigenvalue weighted by Gasteiger charge is -2.11. The monoisotopic (exact) mass is 342 g/mol. The Labute approximate surface area is 138 Å². The highest BCUT2D eigenvalue weighted by atomic mass is 35.5. The largest absolute Gasteiger partial charge is 0.457 e. The average molecular weight is 344 g/mol. The van der Waals surface area contributed by atoms with Crippen LogP contribution in [-0.2, 0) is 11.3 Å². The van der Waals surface area contributed by atoms with Gasteiger partial charge in [0.2, 0.25) is 0 Å². The molecule has 0 aliphatic rings. The van der Waals surface area contributed by atoms with E-state index >= 15 is 0 Å². The molecule has 0 aliphatic carbocycles. The molecule has 110 valence electrons. The van der Waals surface area contributed by atoms with Gasteiger partial charge in [-0.05, 0) is 42.7 Å². The van der Waals surface area contributed by atoms with Gasteiger partial charge in [-0.15, -0.1) is 0 Å². The number of ether oxygens (including phenoxy) is 1. The van der Waals surface area contributed by atoms with E-state index in [4.69, 9.17) is 39.5 Å². The van der Waals surface area contributed by atoms with Crippen molar-refractivity contribution in [1.29, 1.82) is 0 Å². The lowest BCUT2D eigenvalue weighted by molar-refractivity contribution is 0.0472. The molecule has 0 fully saturated rings. The fourth-order valence-electron chi connectivity index (χ4n) is 1.89. The van der Waals surface area contributed by atoms with E-state index in [9.17, 15) is 4.79 Å². The Bertz CT molecular complexity index is 696. The van der Waals surface area contributed by atoms with Gasteiger partial charge in [-0.2, -0.15) is 0 Å². The smallest absolute Gasteiger partial charge is 0.340 e. The number of carbonyl (C=O) groups is 1. The number of halogens is 3. The second-order valence-corrected chi connectivity index (χ2v) is 5.91. The van der Waals surface area contributed by atoms with E-state index in [2.05, 4.69) is 0 Å². The third kappa shape index (κ3) is 3.70. The molecular formula is C16H13Cl3O2. The van der Waals surface area contributed by atoms with Crippen molar-refractivity contribution in [2.45, 2.75) is 20.5 Å². The van der Waals surface area contributed by atoms with E-state index in [1.54, 1.807) is 0 Å². The van der Waals surface area contributed by atoms with E-state index < -0.39 is 5.97 Å². The van der Waals surface area contributed by atoms with Crippen molar-refractivity contribution in [1.82, 2.24) is 0 Å². The maximum Gasteiger partial charge on any atom is 0.340 e. The standard InChI is InChI=1S/C16H13Cl3O2/c1-9-4-3-5-11(10(9)2)8-21-16(20)13-6-12(17)7-14(18)15(13)19/h3-7H,8H2,1-2H3. The molecule has 0 aromatic heterocycles. The molecule has 0 amide bonds. The van der Waals surface area contributed by atoms with Crippen LogP contribution in [0.1, 0.15) is 27.0 Å². The van der Waals surface area contributed by atoms with Gasteiger partial charge >= 0.3 is 5.97 Å². The third-order valence-corrected chi connectivity index (χ3v) is 4.31. The summed E-state index contributed by atoms with van der Waals surface area (Å²) in [5.41, 5.74) is 3.36. The summed E-state index contributed by atoms with van der Waals surface area (Å²) in [4.78, 5) is 12.1. The van der Waals surface area contributed by atoms with Crippen LogP contribution in [-0.4, -0.2) is 5.97 Å². The Morgan fingerprint density at radius 2 is 1.86 bits per heavy atom. The predicted octanol–water partition coefficient (Wildman–Crippen LogP) is 5.62. The van der Waals surface area contributed by atoms with Crippen LogP contribution in [0.15, 0.2) is 30.3 Å². The zero-order chi connectivity index (χ0) is 15.6. The Balaban J connectivity index is 2.18. The Morgan fingerprint density at radius 3 is 2.57 bits per heavy atom. The van der Waals surface area contributed by atoms with Gasteiger partial charge in [0.15, 0.2) is 0 Å². The maximum atomic E-state index is 12.1. The van der Waals surface area contributed by atoms with Crippen molar-refractivity contribution in [2.75, 3.05) is 0 Å². The van der Waals surface area contributed by atoms with Crippen LogP contribution >= 0.6 is 34.8 Å².